The van der Waals surface area contributed by atoms with Crippen molar-refractivity contribution in [3.05, 3.63) is 142 Å². The van der Waals surface area contributed by atoms with E-state index in [1.165, 1.54) is 0 Å². The third-order valence-electron chi connectivity index (χ3n) is 5.35. The first kappa shape index (κ1) is 25.0. The van der Waals surface area contributed by atoms with Crippen molar-refractivity contribution in [2.45, 2.75) is 0 Å². The molecule has 0 N–H and O–H groups in total. The Labute approximate surface area is 235 Å². The van der Waals surface area contributed by atoms with Crippen LogP contribution < -0.4 is 0 Å². The predicted molar refractivity (Wildman–Crippen MR) is 161 cm³/mol. The van der Waals surface area contributed by atoms with Gasteiger partial charge in [-0.15, -0.1) is 0 Å². The van der Waals surface area contributed by atoms with E-state index in [1.54, 1.807) is 0 Å². The molecule has 0 fully saturated rings. The van der Waals surface area contributed by atoms with Crippen LogP contribution in [-0.4, -0.2) is 0 Å². The van der Waals surface area contributed by atoms with Gasteiger partial charge in [0.1, 0.15) is 0 Å². The first-order valence-corrected chi connectivity index (χ1v) is 12.3. The molecule has 4 aromatic carbocycles. The lowest BCUT2D eigenvalue weighted by molar-refractivity contribution is 1.59. The highest BCUT2D eigenvalue weighted by molar-refractivity contribution is 5.53. The topological polar surface area (TPSA) is 0 Å². The highest BCUT2D eigenvalue weighted by Crippen LogP contribution is 2.06. The summed E-state index contributed by atoms with van der Waals surface area (Å²) < 4.78 is 0. The molecule has 0 aromatic heterocycles. The van der Waals surface area contributed by atoms with Crippen LogP contribution >= 0.6 is 0 Å². The summed E-state index contributed by atoms with van der Waals surface area (Å²) >= 11 is 0. The zero-order valence-corrected chi connectivity index (χ0v) is 21.2. The van der Waals surface area contributed by atoms with Gasteiger partial charge in [0.15, 0.2) is 0 Å². The fourth-order valence-corrected chi connectivity index (χ4v) is 3.53. The third-order valence-corrected chi connectivity index (χ3v) is 5.35. The summed E-state index contributed by atoms with van der Waals surface area (Å²) in [6, 6.07) is 30.8. The number of benzene rings is 4. The van der Waals surface area contributed by atoms with Crippen molar-refractivity contribution < 1.29 is 0 Å². The number of rotatable bonds is 0. The minimum Gasteiger partial charge on any atom is -0.0598 e. The molecule has 0 heterocycles. The van der Waals surface area contributed by atoms with Gasteiger partial charge < -0.3 is 0 Å². The first-order valence-electron chi connectivity index (χ1n) is 12.3. The molecule has 4 aromatic rings. The lowest BCUT2D eigenvalue weighted by Crippen LogP contribution is -1.79. The molecule has 0 atom stereocenters. The average molecular weight is 497 g/mol. The van der Waals surface area contributed by atoms with Crippen LogP contribution in [0.5, 0.6) is 0 Å². The van der Waals surface area contributed by atoms with Gasteiger partial charge >= 0.3 is 0 Å². The summed E-state index contributed by atoms with van der Waals surface area (Å²) in [5, 5.41) is 0. The van der Waals surface area contributed by atoms with E-state index >= 15 is 0 Å². The van der Waals surface area contributed by atoms with Crippen LogP contribution in [0.15, 0.2) is 97.1 Å². The maximum atomic E-state index is 3.07. The van der Waals surface area contributed by atoms with Crippen LogP contribution in [0.1, 0.15) is 44.5 Å². The van der Waals surface area contributed by atoms with E-state index < -0.39 is 0 Å². The summed E-state index contributed by atoms with van der Waals surface area (Å²) in [7, 11) is 0. The molecule has 0 heteroatoms. The Morgan fingerprint density at radius 3 is 0.525 bits per heavy atom. The van der Waals surface area contributed by atoms with Gasteiger partial charge in [0.05, 0.1) is 0 Å². The van der Waals surface area contributed by atoms with Crippen molar-refractivity contribution in [3.63, 3.8) is 0 Å². The molecule has 0 amide bonds. The molecule has 40 heavy (non-hydrogen) atoms. The quantitative estimate of drug-likeness (QED) is 0.278. The molecule has 1 aliphatic carbocycles. The summed E-state index contributed by atoms with van der Waals surface area (Å²) in [5.41, 5.74) is 6.67. The van der Waals surface area contributed by atoms with E-state index in [2.05, 4.69) is 94.7 Å². The highest BCUT2D eigenvalue weighted by Gasteiger charge is 1.92. The normalized spacial score (nSPS) is 10.0. The lowest BCUT2D eigenvalue weighted by Gasteiger charge is -1.92. The van der Waals surface area contributed by atoms with Crippen LogP contribution in [-0.2, 0) is 0 Å². The number of fused-ring (bicyclic) bond motifs is 8. The van der Waals surface area contributed by atoms with E-state index in [0.717, 1.165) is 44.5 Å². The fourth-order valence-electron chi connectivity index (χ4n) is 3.53. The second-order valence-electron chi connectivity index (χ2n) is 8.32. The smallest absolute Gasteiger partial charge is 0.0267 e. The Morgan fingerprint density at radius 1 is 0.225 bits per heavy atom. The minimum atomic E-state index is 0.834. The van der Waals surface area contributed by atoms with Crippen LogP contribution in [0.25, 0.3) is 0 Å². The van der Waals surface area contributed by atoms with Gasteiger partial charge in [-0.05, 0) is 120 Å². The van der Waals surface area contributed by atoms with E-state index in [4.69, 9.17) is 0 Å². The monoisotopic (exact) mass is 496 g/mol. The minimum absolute atomic E-state index is 0.834. The van der Waals surface area contributed by atoms with Gasteiger partial charge in [-0.25, -0.2) is 0 Å². The van der Waals surface area contributed by atoms with Gasteiger partial charge in [-0.3, -0.25) is 0 Å². The Morgan fingerprint density at radius 2 is 0.375 bits per heavy atom. The number of hydrogen-bond acceptors (Lipinski definition) is 0. The first-order chi connectivity index (χ1) is 19.8. The Hall–Kier alpha value is -6.64. The van der Waals surface area contributed by atoms with Crippen LogP contribution in [0, 0.1) is 94.7 Å². The van der Waals surface area contributed by atoms with Crippen molar-refractivity contribution in [1.82, 2.24) is 0 Å². The third kappa shape index (κ3) is 7.68. The molecule has 8 bridgehead atoms. The zero-order valence-electron chi connectivity index (χ0n) is 21.2. The fraction of sp³-hybridized carbons (Fsp3) is 0. The van der Waals surface area contributed by atoms with Gasteiger partial charge in [-0.2, -0.15) is 0 Å². The molecule has 0 spiro atoms. The molecule has 0 radical (unpaired) electrons. The summed E-state index contributed by atoms with van der Waals surface area (Å²) in [5.74, 6) is 47.9. The molecule has 1 aliphatic rings. The Kier molecular flexibility index (Phi) is 8.17. The van der Waals surface area contributed by atoms with Crippen molar-refractivity contribution in [3.8, 4) is 94.7 Å². The summed E-state index contributed by atoms with van der Waals surface area (Å²) in [6.45, 7) is 0. The van der Waals surface area contributed by atoms with Crippen LogP contribution in [0.2, 0.25) is 0 Å². The molecular weight excluding hydrogens is 480 g/mol. The highest BCUT2D eigenvalue weighted by atomic mass is 13.9. The molecule has 176 valence electrons. The van der Waals surface area contributed by atoms with Crippen molar-refractivity contribution >= 4 is 0 Å². The molecule has 0 unspecified atom stereocenters. The van der Waals surface area contributed by atoms with E-state index in [-0.39, 0.29) is 0 Å². The predicted octanol–water partition coefficient (Wildman–Crippen LogP) is 5.61. The second-order valence-corrected chi connectivity index (χ2v) is 8.32. The van der Waals surface area contributed by atoms with Gasteiger partial charge in [0, 0.05) is 44.5 Å². The lowest BCUT2D eigenvalue weighted by atomic mass is 10.1. The Balaban J connectivity index is 1.51. The zero-order chi connectivity index (χ0) is 27.2. The van der Waals surface area contributed by atoms with E-state index in [0.29, 0.717) is 0 Å². The second kappa shape index (κ2) is 13.1. The molecule has 0 saturated heterocycles. The Bertz CT molecular complexity index is 1690. The van der Waals surface area contributed by atoms with Gasteiger partial charge in [0.25, 0.3) is 0 Å². The van der Waals surface area contributed by atoms with Crippen molar-refractivity contribution in [2.24, 2.45) is 0 Å². The maximum absolute atomic E-state index is 3.07. The standard InChI is InChI=1S/C40H16/c1-2-14-34-22-10-24-36(30-34)16-5-6-18-38-26-12-28-40(32-38)20-8-7-19-39-27-11-25-37(31-39)17-4-3-15-35-23-9-21-33(13-1)29-35/h9-12,21-32H. The molecular formula is C40H16. The average Bonchev–Trinajstić information content (AvgIpc) is 2.99. The summed E-state index contributed by atoms with van der Waals surface area (Å²) in [6.07, 6.45) is 0. The maximum Gasteiger partial charge on any atom is 0.0267 e. The SMILES string of the molecule is C1#Cc2cccc(c2)C#CC#Cc2cccc(c2)C#CC#Cc2cccc(c2)C#CC#Cc2cccc(c2)C#C1. The largest absolute Gasteiger partial charge is 0.0598 e. The van der Waals surface area contributed by atoms with Crippen LogP contribution in [0.4, 0.5) is 0 Å². The molecule has 0 nitrogen and oxygen atoms in total. The van der Waals surface area contributed by atoms with Gasteiger partial charge in [0.2, 0.25) is 0 Å². The van der Waals surface area contributed by atoms with Crippen molar-refractivity contribution in [1.29, 1.82) is 0 Å². The molecule has 0 aliphatic heterocycles. The molecule has 5 rings (SSSR count). The van der Waals surface area contributed by atoms with Crippen molar-refractivity contribution in [2.75, 3.05) is 0 Å². The number of hydrogen-bond donors (Lipinski definition) is 0. The molecule has 0 saturated carbocycles. The van der Waals surface area contributed by atoms with E-state index in [9.17, 15) is 0 Å². The van der Waals surface area contributed by atoms with Gasteiger partial charge in [-0.1, -0.05) is 71.6 Å². The van der Waals surface area contributed by atoms with E-state index in [1.807, 2.05) is 97.1 Å². The van der Waals surface area contributed by atoms with Crippen LogP contribution in [0.3, 0.4) is 0 Å². The summed E-state index contributed by atoms with van der Waals surface area (Å²) in [4.78, 5) is 0.